The summed E-state index contributed by atoms with van der Waals surface area (Å²) in [7, 11) is 0. The number of benzene rings is 3. The number of hydrogen-bond acceptors (Lipinski definition) is 3. The Morgan fingerprint density at radius 3 is 2.42 bits per heavy atom. The van der Waals surface area contributed by atoms with Crippen molar-refractivity contribution in [2.24, 2.45) is 5.41 Å². The van der Waals surface area contributed by atoms with Crippen LogP contribution in [0.5, 0.6) is 0 Å². The molecule has 0 bridgehead atoms. The summed E-state index contributed by atoms with van der Waals surface area (Å²) < 4.78 is 0. The van der Waals surface area contributed by atoms with Crippen LogP contribution in [0.4, 0.5) is 11.4 Å². The molecule has 168 valence electrons. The zero-order valence-electron chi connectivity index (χ0n) is 18.7. The van der Waals surface area contributed by atoms with Gasteiger partial charge in [0.25, 0.3) is 0 Å². The van der Waals surface area contributed by atoms with Crippen molar-refractivity contribution >= 4 is 40.4 Å². The third-order valence-corrected chi connectivity index (χ3v) is 7.20. The quantitative estimate of drug-likeness (QED) is 0.418. The molecular formula is C28H26Cl2N2O. The van der Waals surface area contributed by atoms with Gasteiger partial charge in [-0.2, -0.15) is 0 Å². The summed E-state index contributed by atoms with van der Waals surface area (Å²) in [6.07, 6.45) is 1.32. The summed E-state index contributed by atoms with van der Waals surface area (Å²) in [5.74, 6) is 0.177. The van der Waals surface area contributed by atoms with E-state index in [4.69, 9.17) is 23.2 Å². The van der Waals surface area contributed by atoms with Crippen LogP contribution in [-0.4, -0.2) is 5.78 Å². The third-order valence-electron chi connectivity index (χ3n) is 6.46. The Bertz CT molecular complexity index is 1250. The lowest BCUT2D eigenvalue weighted by molar-refractivity contribution is -0.118. The fourth-order valence-electron chi connectivity index (χ4n) is 5.04. The molecule has 1 heterocycles. The van der Waals surface area contributed by atoms with Gasteiger partial charge in [-0.1, -0.05) is 85.6 Å². The fourth-order valence-corrected chi connectivity index (χ4v) is 5.34. The van der Waals surface area contributed by atoms with E-state index in [0.29, 0.717) is 23.0 Å². The normalized spacial score (nSPS) is 19.5. The van der Waals surface area contributed by atoms with Crippen molar-refractivity contribution in [3.05, 3.63) is 105 Å². The fraction of sp³-hybridized carbons (Fsp3) is 0.250. The van der Waals surface area contributed by atoms with Crippen molar-refractivity contribution in [3.8, 4) is 0 Å². The monoisotopic (exact) mass is 476 g/mol. The highest BCUT2D eigenvalue weighted by Crippen LogP contribution is 2.49. The number of ketones is 1. The minimum Gasteiger partial charge on any atom is -0.357 e. The Labute approximate surface area is 205 Å². The summed E-state index contributed by atoms with van der Waals surface area (Å²) in [5.41, 5.74) is 5.90. The Kier molecular flexibility index (Phi) is 5.72. The number of hydrogen-bond donors (Lipinski definition) is 1. The highest BCUT2D eigenvalue weighted by atomic mass is 35.5. The molecule has 0 fully saturated rings. The Hall–Kier alpha value is -2.75. The largest absolute Gasteiger partial charge is 0.357 e. The number of allylic oxidation sites excluding steroid dienone is 1. The number of para-hydroxylation sites is 2. The number of fused-ring (bicyclic) bond motifs is 1. The molecule has 1 unspecified atom stereocenters. The third kappa shape index (κ3) is 4.28. The number of carbonyl (C=O) groups is 1. The van der Waals surface area contributed by atoms with Crippen LogP contribution in [0.25, 0.3) is 0 Å². The Morgan fingerprint density at radius 2 is 1.67 bits per heavy atom. The van der Waals surface area contributed by atoms with Gasteiger partial charge in [0, 0.05) is 24.2 Å². The van der Waals surface area contributed by atoms with Crippen LogP contribution in [0.15, 0.2) is 84.1 Å². The van der Waals surface area contributed by atoms with Crippen LogP contribution in [0.2, 0.25) is 10.0 Å². The molecule has 3 aromatic rings. The van der Waals surface area contributed by atoms with E-state index in [-0.39, 0.29) is 17.2 Å². The zero-order chi connectivity index (χ0) is 23.2. The van der Waals surface area contributed by atoms with Gasteiger partial charge in [0.2, 0.25) is 0 Å². The van der Waals surface area contributed by atoms with Crippen molar-refractivity contribution in [1.29, 1.82) is 0 Å². The van der Waals surface area contributed by atoms with Crippen molar-refractivity contribution in [2.45, 2.75) is 39.3 Å². The predicted molar refractivity (Wildman–Crippen MR) is 137 cm³/mol. The molecule has 3 nitrogen and oxygen atoms in total. The summed E-state index contributed by atoms with van der Waals surface area (Å²) in [6.45, 7) is 4.96. The molecule has 1 aliphatic heterocycles. The van der Waals surface area contributed by atoms with Crippen LogP contribution in [0, 0.1) is 5.41 Å². The smallest absolute Gasteiger partial charge is 0.163 e. The number of halogens is 2. The molecular weight excluding hydrogens is 451 g/mol. The molecule has 1 N–H and O–H groups in total. The maximum Gasteiger partial charge on any atom is 0.163 e. The molecule has 0 saturated heterocycles. The lowest BCUT2D eigenvalue weighted by Gasteiger charge is -2.38. The summed E-state index contributed by atoms with van der Waals surface area (Å²) in [5, 5.41) is 4.64. The van der Waals surface area contributed by atoms with Gasteiger partial charge in [0.05, 0.1) is 27.5 Å². The van der Waals surface area contributed by atoms with E-state index in [9.17, 15) is 4.79 Å². The van der Waals surface area contributed by atoms with Crippen LogP contribution >= 0.6 is 23.2 Å². The summed E-state index contributed by atoms with van der Waals surface area (Å²) in [6, 6.07) is 24.0. The summed E-state index contributed by atoms with van der Waals surface area (Å²) in [4.78, 5) is 16.0. The van der Waals surface area contributed by atoms with E-state index in [1.807, 2.05) is 48.5 Å². The maximum absolute atomic E-state index is 13.7. The van der Waals surface area contributed by atoms with Gasteiger partial charge >= 0.3 is 0 Å². The molecule has 1 aliphatic carbocycles. The molecule has 5 heteroatoms. The highest BCUT2D eigenvalue weighted by molar-refractivity contribution is 6.42. The second-order valence-electron chi connectivity index (χ2n) is 9.66. The van der Waals surface area contributed by atoms with Crippen molar-refractivity contribution < 1.29 is 4.79 Å². The van der Waals surface area contributed by atoms with Crippen LogP contribution in [-0.2, 0) is 11.3 Å². The average Bonchev–Trinajstić information content (AvgIpc) is 2.90. The molecule has 0 amide bonds. The standard InChI is InChI=1S/C28H26Cl2N2O/c1-28(2)15-23-26(25(33)16-28)27(19-12-13-20(29)21(30)14-19)32(17-18-8-4-3-5-9-18)24-11-7-6-10-22(24)31-23/h3-14,27,31H,15-17H2,1-2H3. The molecule has 3 aromatic carbocycles. The molecule has 0 saturated carbocycles. The number of nitrogens with zero attached hydrogens (tertiary/aromatic N) is 1. The van der Waals surface area contributed by atoms with Crippen LogP contribution in [0.3, 0.4) is 0 Å². The molecule has 0 aromatic heterocycles. The van der Waals surface area contributed by atoms with Gasteiger partial charge in [-0.15, -0.1) is 0 Å². The van der Waals surface area contributed by atoms with Crippen molar-refractivity contribution in [3.63, 3.8) is 0 Å². The van der Waals surface area contributed by atoms with Crippen molar-refractivity contribution in [1.82, 2.24) is 0 Å². The lowest BCUT2D eigenvalue weighted by Crippen LogP contribution is -2.36. The number of rotatable bonds is 3. The zero-order valence-corrected chi connectivity index (χ0v) is 20.3. The van der Waals surface area contributed by atoms with Gasteiger partial charge in [-0.3, -0.25) is 4.79 Å². The molecule has 0 radical (unpaired) electrons. The first-order valence-corrected chi connectivity index (χ1v) is 12.0. The minimum atomic E-state index is -0.283. The van der Waals surface area contributed by atoms with Gasteiger partial charge in [0.1, 0.15) is 0 Å². The SMILES string of the molecule is CC1(C)CC(=O)C2=C(C1)Nc1ccccc1N(Cc1ccccc1)C2c1ccc(Cl)c(Cl)c1. The second kappa shape index (κ2) is 8.55. The second-order valence-corrected chi connectivity index (χ2v) is 10.5. The van der Waals surface area contributed by atoms with Crippen LogP contribution in [0.1, 0.15) is 43.9 Å². The Morgan fingerprint density at radius 1 is 0.939 bits per heavy atom. The molecule has 5 rings (SSSR count). The van der Waals surface area contributed by atoms with Crippen molar-refractivity contribution in [2.75, 3.05) is 10.2 Å². The molecule has 2 aliphatic rings. The molecule has 33 heavy (non-hydrogen) atoms. The van der Waals surface area contributed by atoms with Gasteiger partial charge in [-0.25, -0.2) is 0 Å². The summed E-state index contributed by atoms with van der Waals surface area (Å²) >= 11 is 12.7. The lowest BCUT2D eigenvalue weighted by atomic mass is 9.73. The molecule has 1 atom stereocenters. The van der Waals surface area contributed by atoms with E-state index >= 15 is 0 Å². The van der Waals surface area contributed by atoms with E-state index in [1.165, 1.54) is 5.56 Å². The number of anilines is 2. The average molecular weight is 477 g/mol. The number of Topliss-reactive ketones (excluding diaryl/α,β-unsaturated/α-hetero) is 1. The number of nitrogens with one attached hydrogen (secondary N) is 1. The molecule has 0 spiro atoms. The van der Waals surface area contributed by atoms with E-state index in [2.05, 4.69) is 48.3 Å². The Balaban J connectivity index is 1.76. The first-order valence-electron chi connectivity index (χ1n) is 11.2. The first-order chi connectivity index (χ1) is 15.8. The van der Waals surface area contributed by atoms with E-state index in [1.54, 1.807) is 0 Å². The maximum atomic E-state index is 13.7. The van der Waals surface area contributed by atoms with Gasteiger partial charge in [0.15, 0.2) is 5.78 Å². The minimum absolute atomic E-state index is 0.103. The van der Waals surface area contributed by atoms with E-state index in [0.717, 1.165) is 34.6 Å². The first kappa shape index (κ1) is 22.1. The number of carbonyl (C=O) groups excluding carboxylic acids is 1. The highest BCUT2D eigenvalue weighted by Gasteiger charge is 2.41. The predicted octanol–water partition coefficient (Wildman–Crippen LogP) is 7.81. The van der Waals surface area contributed by atoms with Gasteiger partial charge < -0.3 is 10.2 Å². The van der Waals surface area contributed by atoms with E-state index < -0.39 is 0 Å². The van der Waals surface area contributed by atoms with Gasteiger partial charge in [-0.05, 0) is 47.2 Å². The van der Waals surface area contributed by atoms with Crippen LogP contribution < -0.4 is 10.2 Å². The topological polar surface area (TPSA) is 32.3 Å².